The summed E-state index contributed by atoms with van der Waals surface area (Å²) >= 11 is 0. The minimum Gasteiger partial charge on any atom is -0.508 e. The van der Waals surface area contributed by atoms with Gasteiger partial charge in [0, 0.05) is 16.2 Å². The van der Waals surface area contributed by atoms with Crippen molar-refractivity contribution < 1.29 is 29.5 Å². The van der Waals surface area contributed by atoms with Crippen molar-refractivity contribution >= 4 is 0 Å². The zero-order chi connectivity index (χ0) is 42.5. The summed E-state index contributed by atoms with van der Waals surface area (Å²) in [4.78, 5) is 0. The highest BCUT2D eigenvalue weighted by molar-refractivity contribution is 5.61. The molecule has 1 unspecified atom stereocenters. The van der Waals surface area contributed by atoms with Gasteiger partial charge in [0.1, 0.15) is 34.5 Å². The number of phenols is 3. The topological polar surface area (TPSA) is 88.4 Å². The lowest BCUT2D eigenvalue weighted by atomic mass is 9.63. The molecule has 3 N–H and O–H groups in total. The fourth-order valence-corrected chi connectivity index (χ4v) is 8.53. The number of aromatic hydroxyl groups is 3. The second kappa shape index (κ2) is 17.3. The van der Waals surface area contributed by atoms with Gasteiger partial charge in [0.2, 0.25) is 0 Å². The summed E-state index contributed by atoms with van der Waals surface area (Å²) < 4.78 is 17.7. The van der Waals surface area contributed by atoms with E-state index in [-0.39, 0.29) is 17.2 Å². The maximum Gasteiger partial charge on any atom is 0.119 e. The highest BCUT2D eigenvalue weighted by atomic mass is 16.5. The van der Waals surface area contributed by atoms with E-state index < -0.39 is 16.2 Å². The number of hydrogen-bond donors (Lipinski definition) is 3. The summed E-state index contributed by atoms with van der Waals surface area (Å²) in [6, 6.07) is 54.2. The van der Waals surface area contributed by atoms with E-state index in [1.54, 1.807) is 36.4 Å². The molecule has 0 radical (unpaired) electrons. The molecule has 6 heteroatoms. The molecule has 0 saturated heterocycles. The van der Waals surface area contributed by atoms with E-state index in [2.05, 4.69) is 75.4 Å². The Morgan fingerprint density at radius 1 is 0.300 bits per heavy atom. The van der Waals surface area contributed by atoms with Gasteiger partial charge in [-0.15, -0.1) is 0 Å². The van der Waals surface area contributed by atoms with E-state index in [1.165, 1.54) is 0 Å². The van der Waals surface area contributed by atoms with Crippen molar-refractivity contribution in [3.05, 3.63) is 214 Å². The van der Waals surface area contributed by atoms with E-state index in [0.29, 0.717) is 19.8 Å². The number of phenolic OH excluding ortho intramolecular Hbond substituents is 3. The van der Waals surface area contributed by atoms with Crippen molar-refractivity contribution in [2.75, 3.05) is 19.8 Å². The lowest BCUT2D eigenvalue weighted by Crippen LogP contribution is -2.32. The largest absolute Gasteiger partial charge is 0.508 e. The third-order valence-electron chi connectivity index (χ3n) is 12.2. The van der Waals surface area contributed by atoms with Crippen molar-refractivity contribution in [1.82, 2.24) is 0 Å². The summed E-state index contributed by atoms with van der Waals surface area (Å²) in [6.07, 6.45) is 0. The monoisotopic (exact) mass is 798 g/mol. The van der Waals surface area contributed by atoms with Gasteiger partial charge in [-0.2, -0.15) is 0 Å². The molecule has 7 aromatic rings. The normalized spacial score (nSPS) is 12.7. The van der Waals surface area contributed by atoms with Crippen LogP contribution in [0.2, 0.25) is 0 Å². The molecule has 0 amide bonds. The molecule has 0 heterocycles. The maximum absolute atomic E-state index is 10.5. The lowest BCUT2D eigenvalue weighted by Gasteiger charge is -2.39. The fourth-order valence-electron chi connectivity index (χ4n) is 8.53. The van der Waals surface area contributed by atoms with Crippen molar-refractivity contribution in [3.63, 3.8) is 0 Å². The van der Waals surface area contributed by atoms with Crippen LogP contribution < -0.4 is 14.2 Å². The Morgan fingerprint density at radius 3 is 0.667 bits per heavy atom. The molecule has 0 spiro atoms. The fraction of sp³-hybridized carbons (Fsp3) is 0.222. The molecule has 60 heavy (non-hydrogen) atoms. The van der Waals surface area contributed by atoms with E-state index in [1.807, 2.05) is 93.6 Å². The second-order valence-electron chi connectivity index (χ2n) is 15.7. The van der Waals surface area contributed by atoms with Crippen LogP contribution >= 0.6 is 0 Å². The lowest BCUT2D eigenvalue weighted by molar-refractivity contribution is 0.339. The molecule has 7 rings (SSSR count). The Morgan fingerprint density at radius 2 is 0.483 bits per heavy atom. The van der Waals surface area contributed by atoms with Crippen LogP contribution in [-0.4, -0.2) is 35.1 Å². The molecular formula is C54H54O6. The van der Waals surface area contributed by atoms with Crippen molar-refractivity contribution in [2.24, 2.45) is 0 Å². The van der Waals surface area contributed by atoms with E-state index in [4.69, 9.17) is 14.2 Å². The molecule has 0 bridgehead atoms. The zero-order valence-electron chi connectivity index (χ0n) is 35.3. The van der Waals surface area contributed by atoms with Gasteiger partial charge in [0.15, 0.2) is 0 Å². The van der Waals surface area contributed by atoms with Crippen molar-refractivity contribution in [2.45, 2.75) is 57.8 Å². The number of hydrogen-bond acceptors (Lipinski definition) is 6. The van der Waals surface area contributed by atoms with Gasteiger partial charge in [-0.05, 0) is 164 Å². The maximum atomic E-state index is 10.5. The summed E-state index contributed by atoms with van der Waals surface area (Å²) in [7, 11) is 0. The van der Waals surface area contributed by atoms with Gasteiger partial charge in [-0.3, -0.25) is 0 Å². The zero-order valence-corrected chi connectivity index (χ0v) is 35.3. The van der Waals surface area contributed by atoms with Gasteiger partial charge in [0.25, 0.3) is 0 Å². The Labute approximate surface area is 354 Å². The predicted octanol–water partition coefficient (Wildman–Crippen LogP) is 12.1. The minimum absolute atomic E-state index is 0.176. The van der Waals surface area contributed by atoms with Crippen LogP contribution in [0.25, 0.3) is 0 Å². The first kappa shape index (κ1) is 41.5. The average Bonchev–Trinajstić information content (AvgIpc) is 3.27. The standard InChI is InChI=1S/C54H54O6/c1-7-58-49-28-16-40(17-29-49)53(5,39-14-26-48(57)27-15-39)44-34-43(52(4,37-10-22-46(55)23-11-37)38-12-24-47(56)25-13-38)35-45(36-44)54(6,41-18-30-50(31-19-41)59-8-2)42-20-32-51(33-21-42)60-9-3/h10-36,55-57H,7-9H2,1-6H3. The van der Waals surface area contributed by atoms with Crippen LogP contribution in [-0.2, 0) is 16.2 Å². The summed E-state index contributed by atoms with van der Waals surface area (Å²) in [5.74, 6) is 2.92. The first-order chi connectivity index (χ1) is 28.9. The van der Waals surface area contributed by atoms with Crippen molar-refractivity contribution in [1.29, 1.82) is 0 Å². The molecule has 0 saturated carbocycles. The van der Waals surface area contributed by atoms with Crippen LogP contribution in [0.3, 0.4) is 0 Å². The van der Waals surface area contributed by atoms with E-state index in [9.17, 15) is 15.3 Å². The highest BCUT2D eigenvalue weighted by Gasteiger charge is 2.40. The van der Waals surface area contributed by atoms with Crippen molar-refractivity contribution in [3.8, 4) is 34.5 Å². The van der Waals surface area contributed by atoms with Gasteiger partial charge >= 0.3 is 0 Å². The van der Waals surface area contributed by atoms with Crippen LogP contribution in [0, 0.1) is 0 Å². The quantitative estimate of drug-likeness (QED) is 0.0896. The highest BCUT2D eigenvalue weighted by Crippen LogP contribution is 2.49. The van der Waals surface area contributed by atoms with Crippen LogP contribution in [0.5, 0.6) is 34.5 Å². The Kier molecular flexibility index (Phi) is 12.0. The molecule has 6 nitrogen and oxygen atoms in total. The average molecular weight is 799 g/mol. The molecule has 0 aromatic heterocycles. The van der Waals surface area contributed by atoms with Gasteiger partial charge in [0.05, 0.1) is 19.8 Å². The number of benzene rings is 7. The molecule has 7 aromatic carbocycles. The molecule has 0 fully saturated rings. The molecule has 0 aliphatic heterocycles. The smallest absolute Gasteiger partial charge is 0.119 e. The first-order valence-corrected chi connectivity index (χ1v) is 20.7. The predicted molar refractivity (Wildman–Crippen MR) is 240 cm³/mol. The van der Waals surface area contributed by atoms with E-state index in [0.717, 1.165) is 67.3 Å². The number of rotatable bonds is 15. The Hall–Kier alpha value is -6.66. The first-order valence-electron chi connectivity index (χ1n) is 20.7. The number of ether oxygens (including phenoxy) is 3. The molecule has 0 aliphatic rings. The summed E-state index contributed by atoms with van der Waals surface area (Å²) in [5.41, 5.74) is 6.95. The molecular weight excluding hydrogens is 745 g/mol. The Balaban J connectivity index is 1.61. The molecule has 306 valence electrons. The van der Waals surface area contributed by atoms with Gasteiger partial charge in [-0.25, -0.2) is 0 Å². The van der Waals surface area contributed by atoms with Crippen LogP contribution in [0.4, 0.5) is 0 Å². The van der Waals surface area contributed by atoms with Crippen LogP contribution in [0.1, 0.15) is 91.6 Å². The third kappa shape index (κ3) is 7.90. The third-order valence-corrected chi connectivity index (χ3v) is 12.2. The summed E-state index contributed by atoms with van der Waals surface area (Å²) in [5, 5.41) is 31.6. The van der Waals surface area contributed by atoms with E-state index >= 15 is 0 Å². The van der Waals surface area contributed by atoms with Crippen LogP contribution in [0.15, 0.2) is 164 Å². The molecule has 1 atom stereocenters. The SMILES string of the molecule is CCOc1ccc(C(C)(c2ccc(O)cc2)c2cc(C(C)(c3ccc(O)cc3)c3ccc(O)cc3)cc(C(C)(c3ccc(OCC)cc3)c3ccc(OCC)cc3)c2)cc1. The van der Waals surface area contributed by atoms with Gasteiger partial charge < -0.3 is 29.5 Å². The molecule has 0 aliphatic carbocycles. The van der Waals surface area contributed by atoms with Gasteiger partial charge in [-0.1, -0.05) is 91.0 Å². The summed E-state index contributed by atoms with van der Waals surface area (Å²) in [6.45, 7) is 14.4. The minimum atomic E-state index is -0.778. The second-order valence-corrected chi connectivity index (χ2v) is 15.7. The Bertz CT molecular complexity index is 2390.